The zero-order valence-electron chi connectivity index (χ0n) is 16.3. The number of halogens is 1. The van der Waals surface area contributed by atoms with E-state index in [1.165, 1.54) is 17.8 Å². The van der Waals surface area contributed by atoms with Gasteiger partial charge in [-0.3, -0.25) is 14.9 Å². The standard InChI is InChI=1S/C22H14FN3O5S/c23-15-9-10-17(18(11-15)26(29)30)25-21(27)13-31-22(28)16-6-2-4-8-20(16)32-19-7-3-1-5-14(19)12-24/h1-11H,13H2,(H,25,27). The van der Waals surface area contributed by atoms with Crippen molar-refractivity contribution in [1.82, 2.24) is 0 Å². The molecule has 1 N–H and O–H groups in total. The Labute approximate surface area is 185 Å². The Hall–Kier alpha value is -4.23. The highest BCUT2D eigenvalue weighted by Crippen LogP contribution is 2.33. The molecule has 3 aromatic rings. The molecule has 160 valence electrons. The fourth-order valence-corrected chi connectivity index (χ4v) is 3.66. The largest absolute Gasteiger partial charge is 0.452 e. The lowest BCUT2D eigenvalue weighted by molar-refractivity contribution is -0.384. The van der Waals surface area contributed by atoms with Crippen LogP contribution in [0.25, 0.3) is 0 Å². The van der Waals surface area contributed by atoms with Gasteiger partial charge in [0.1, 0.15) is 17.6 Å². The van der Waals surface area contributed by atoms with Gasteiger partial charge in [-0.15, -0.1) is 0 Å². The number of esters is 1. The fourth-order valence-electron chi connectivity index (χ4n) is 2.65. The summed E-state index contributed by atoms with van der Waals surface area (Å²) in [6.07, 6.45) is 0. The molecule has 0 radical (unpaired) electrons. The third kappa shape index (κ3) is 5.47. The number of nitrogens with zero attached hydrogens (tertiary/aromatic N) is 2. The van der Waals surface area contributed by atoms with Gasteiger partial charge in [-0.25, -0.2) is 9.18 Å². The second-order valence-corrected chi connectivity index (χ2v) is 7.33. The summed E-state index contributed by atoms with van der Waals surface area (Å²) in [6, 6.07) is 18.2. The number of hydrogen-bond donors (Lipinski definition) is 1. The number of nitrogens with one attached hydrogen (secondary N) is 1. The third-order valence-corrected chi connectivity index (χ3v) is 5.25. The average molecular weight is 451 g/mol. The lowest BCUT2D eigenvalue weighted by Crippen LogP contribution is -2.21. The van der Waals surface area contributed by atoms with Crippen LogP contribution in [-0.4, -0.2) is 23.4 Å². The van der Waals surface area contributed by atoms with Crippen LogP contribution in [0.3, 0.4) is 0 Å². The highest BCUT2D eigenvalue weighted by Gasteiger charge is 2.19. The van der Waals surface area contributed by atoms with Gasteiger partial charge in [-0.2, -0.15) is 5.26 Å². The van der Waals surface area contributed by atoms with Crippen LogP contribution in [0.2, 0.25) is 0 Å². The molecule has 10 heteroatoms. The number of carbonyl (C=O) groups is 2. The second kappa shape index (κ2) is 10.2. The zero-order chi connectivity index (χ0) is 23.1. The Morgan fingerprint density at radius 1 is 1.09 bits per heavy atom. The van der Waals surface area contributed by atoms with Crippen LogP contribution in [0.1, 0.15) is 15.9 Å². The first kappa shape index (κ1) is 22.5. The first-order chi connectivity index (χ1) is 15.4. The van der Waals surface area contributed by atoms with E-state index < -0.39 is 34.9 Å². The van der Waals surface area contributed by atoms with Crippen LogP contribution < -0.4 is 5.32 Å². The van der Waals surface area contributed by atoms with Gasteiger partial charge in [0, 0.05) is 9.79 Å². The highest BCUT2D eigenvalue weighted by atomic mass is 32.2. The van der Waals surface area contributed by atoms with Crippen molar-refractivity contribution in [3.63, 3.8) is 0 Å². The number of carbonyl (C=O) groups excluding carboxylic acids is 2. The van der Waals surface area contributed by atoms with Gasteiger partial charge >= 0.3 is 5.97 Å². The van der Waals surface area contributed by atoms with Crippen LogP contribution in [-0.2, 0) is 9.53 Å². The molecule has 0 aliphatic heterocycles. The van der Waals surface area contributed by atoms with Crippen molar-refractivity contribution < 1.29 is 23.6 Å². The van der Waals surface area contributed by atoms with Gasteiger partial charge in [0.15, 0.2) is 6.61 Å². The van der Waals surface area contributed by atoms with Crippen LogP contribution in [0, 0.1) is 27.3 Å². The first-order valence-corrected chi connectivity index (χ1v) is 9.87. The van der Waals surface area contributed by atoms with Gasteiger partial charge in [0.05, 0.1) is 22.1 Å². The summed E-state index contributed by atoms with van der Waals surface area (Å²) in [7, 11) is 0. The number of benzene rings is 3. The molecule has 0 fully saturated rings. The molecule has 0 saturated carbocycles. The van der Waals surface area contributed by atoms with E-state index in [9.17, 15) is 29.4 Å². The van der Waals surface area contributed by atoms with E-state index in [4.69, 9.17) is 4.74 Å². The summed E-state index contributed by atoms with van der Waals surface area (Å²) in [5, 5.41) is 22.5. The van der Waals surface area contributed by atoms with Crippen LogP contribution in [0.15, 0.2) is 76.5 Å². The maximum absolute atomic E-state index is 13.2. The van der Waals surface area contributed by atoms with Crippen molar-refractivity contribution in [2.45, 2.75) is 9.79 Å². The molecule has 0 aliphatic carbocycles. The number of nitro benzene ring substituents is 1. The molecule has 0 atom stereocenters. The van der Waals surface area contributed by atoms with E-state index in [1.54, 1.807) is 42.5 Å². The number of amides is 1. The third-order valence-electron chi connectivity index (χ3n) is 4.10. The monoisotopic (exact) mass is 451 g/mol. The second-order valence-electron chi connectivity index (χ2n) is 6.25. The molecular weight excluding hydrogens is 437 g/mol. The molecule has 0 unspecified atom stereocenters. The minimum absolute atomic E-state index is 0.186. The maximum Gasteiger partial charge on any atom is 0.339 e. The van der Waals surface area contributed by atoms with E-state index in [2.05, 4.69) is 11.4 Å². The van der Waals surface area contributed by atoms with Crippen LogP contribution in [0.4, 0.5) is 15.8 Å². The van der Waals surface area contributed by atoms with Gasteiger partial charge in [0.2, 0.25) is 0 Å². The summed E-state index contributed by atoms with van der Waals surface area (Å²) in [5.74, 6) is -2.44. The van der Waals surface area contributed by atoms with Crippen molar-refractivity contribution in [1.29, 1.82) is 5.26 Å². The predicted octanol–water partition coefficient (Wildman–Crippen LogP) is 4.55. The lowest BCUT2D eigenvalue weighted by atomic mass is 10.2. The Morgan fingerprint density at radius 3 is 2.50 bits per heavy atom. The number of rotatable bonds is 7. The number of nitro groups is 1. The zero-order valence-corrected chi connectivity index (χ0v) is 17.1. The molecular formula is C22H14FN3O5S. The summed E-state index contributed by atoms with van der Waals surface area (Å²) in [4.78, 5) is 36.0. The van der Waals surface area contributed by atoms with Crippen molar-refractivity contribution in [3.05, 3.63) is 93.8 Å². The SMILES string of the molecule is N#Cc1ccccc1Sc1ccccc1C(=O)OCC(=O)Nc1ccc(F)cc1[N+](=O)[O-]. The Morgan fingerprint density at radius 2 is 1.78 bits per heavy atom. The van der Waals surface area contributed by atoms with E-state index in [0.717, 1.165) is 12.1 Å². The summed E-state index contributed by atoms with van der Waals surface area (Å²) < 4.78 is 18.3. The minimum atomic E-state index is -0.836. The molecule has 3 rings (SSSR count). The molecule has 1 amide bonds. The van der Waals surface area contributed by atoms with Crippen molar-refractivity contribution in [2.24, 2.45) is 0 Å². The van der Waals surface area contributed by atoms with Gasteiger partial charge in [0.25, 0.3) is 11.6 Å². The van der Waals surface area contributed by atoms with E-state index in [-0.39, 0.29) is 11.3 Å². The smallest absolute Gasteiger partial charge is 0.339 e. The average Bonchev–Trinajstić information content (AvgIpc) is 2.79. The molecule has 3 aromatic carbocycles. The maximum atomic E-state index is 13.2. The molecule has 0 saturated heterocycles. The molecule has 0 heterocycles. The summed E-state index contributed by atoms with van der Waals surface area (Å²) in [5.41, 5.74) is -0.212. The van der Waals surface area contributed by atoms with E-state index in [0.29, 0.717) is 21.4 Å². The van der Waals surface area contributed by atoms with Crippen LogP contribution >= 0.6 is 11.8 Å². The molecule has 0 spiro atoms. The fraction of sp³-hybridized carbons (Fsp3) is 0.0455. The minimum Gasteiger partial charge on any atom is -0.452 e. The lowest BCUT2D eigenvalue weighted by Gasteiger charge is -2.10. The predicted molar refractivity (Wildman–Crippen MR) is 114 cm³/mol. The normalized spacial score (nSPS) is 10.1. The summed E-state index contributed by atoms with van der Waals surface area (Å²) in [6.45, 7) is -0.707. The number of ether oxygens (including phenoxy) is 1. The summed E-state index contributed by atoms with van der Waals surface area (Å²) >= 11 is 1.20. The molecule has 0 aliphatic rings. The van der Waals surface area contributed by atoms with Crippen molar-refractivity contribution in [2.75, 3.05) is 11.9 Å². The topological polar surface area (TPSA) is 122 Å². The molecule has 0 bridgehead atoms. The number of anilines is 1. The molecule has 8 nitrogen and oxygen atoms in total. The van der Waals surface area contributed by atoms with Crippen molar-refractivity contribution in [3.8, 4) is 6.07 Å². The number of nitriles is 1. The van der Waals surface area contributed by atoms with Gasteiger partial charge in [-0.1, -0.05) is 36.0 Å². The highest BCUT2D eigenvalue weighted by molar-refractivity contribution is 7.99. The Balaban J connectivity index is 1.69. The quantitative estimate of drug-likeness (QED) is 0.318. The van der Waals surface area contributed by atoms with Crippen molar-refractivity contribution >= 4 is 35.0 Å². The van der Waals surface area contributed by atoms with E-state index in [1.807, 2.05) is 0 Å². The van der Waals surface area contributed by atoms with Gasteiger partial charge in [-0.05, 0) is 36.4 Å². The molecule has 0 aromatic heterocycles. The Bertz CT molecular complexity index is 1240. The molecule has 32 heavy (non-hydrogen) atoms. The Kier molecular flexibility index (Phi) is 7.15. The van der Waals surface area contributed by atoms with Crippen LogP contribution in [0.5, 0.6) is 0 Å². The number of hydrogen-bond acceptors (Lipinski definition) is 7. The van der Waals surface area contributed by atoms with Gasteiger partial charge < -0.3 is 10.1 Å². The first-order valence-electron chi connectivity index (χ1n) is 9.06. The van der Waals surface area contributed by atoms with E-state index >= 15 is 0 Å².